The van der Waals surface area contributed by atoms with Crippen LogP contribution in [0.25, 0.3) is 0 Å². The van der Waals surface area contributed by atoms with Crippen LogP contribution in [0, 0.1) is 0 Å². The molecule has 0 fully saturated rings. The first-order valence-corrected chi connectivity index (χ1v) is 4.86. The van der Waals surface area contributed by atoms with Crippen molar-refractivity contribution in [2.24, 2.45) is 0 Å². The molecule has 0 heterocycles. The van der Waals surface area contributed by atoms with Gasteiger partial charge in [-0.2, -0.15) is 0 Å². The van der Waals surface area contributed by atoms with E-state index in [9.17, 15) is 9.59 Å². The molecule has 0 bridgehead atoms. The molecule has 1 aromatic rings. The minimum Gasteiger partial charge on any atom is -0.437 e. The fourth-order valence-electron chi connectivity index (χ4n) is 0.987. The fourth-order valence-corrected chi connectivity index (χ4v) is 0.987. The minimum atomic E-state index is -0.898. The Kier molecular flexibility index (Phi) is 4.80. The molecule has 0 aliphatic rings. The second-order valence-electron chi connectivity index (χ2n) is 2.79. The Morgan fingerprint density at radius 2 is 1.59 bits per heavy atom. The quantitative estimate of drug-likeness (QED) is 0.596. The molecule has 0 atom stereocenters. The van der Waals surface area contributed by atoms with Crippen LogP contribution in [0.1, 0.15) is 6.92 Å². The van der Waals surface area contributed by atoms with Crippen molar-refractivity contribution in [3.8, 4) is 11.5 Å². The number of benzene rings is 1. The van der Waals surface area contributed by atoms with Crippen molar-refractivity contribution < 1.29 is 28.5 Å². The van der Waals surface area contributed by atoms with E-state index in [0.29, 0.717) is 0 Å². The molecule has 0 amide bonds. The van der Waals surface area contributed by atoms with Crippen LogP contribution in [-0.2, 0) is 9.47 Å². The van der Waals surface area contributed by atoms with Crippen molar-refractivity contribution in [3.05, 3.63) is 24.3 Å². The van der Waals surface area contributed by atoms with Gasteiger partial charge in [0.1, 0.15) is 0 Å². The maximum atomic E-state index is 11.1. The molecule has 92 valence electrons. The van der Waals surface area contributed by atoms with E-state index in [0.717, 1.165) is 0 Å². The number of ether oxygens (including phenoxy) is 4. The van der Waals surface area contributed by atoms with Gasteiger partial charge in [0, 0.05) is 0 Å². The molecule has 6 heteroatoms. The highest BCUT2D eigenvalue weighted by Gasteiger charge is 2.13. The van der Waals surface area contributed by atoms with Gasteiger partial charge in [-0.25, -0.2) is 9.59 Å². The lowest BCUT2D eigenvalue weighted by Gasteiger charge is -2.08. The third-order valence-electron chi connectivity index (χ3n) is 1.66. The monoisotopic (exact) mass is 240 g/mol. The van der Waals surface area contributed by atoms with E-state index in [2.05, 4.69) is 9.47 Å². The van der Waals surface area contributed by atoms with Crippen LogP contribution < -0.4 is 9.47 Å². The second kappa shape index (κ2) is 6.37. The Bertz CT molecular complexity index is 401. The lowest BCUT2D eigenvalue weighted by atomic mass is 10.3. The molecule has 0 saturated heterocycles. The van der Waals surface area contributed by atoms with Crippen molar-refractivity contribution in [2.45, 2.75) is 6.92 Å². The predicted octanol–water partition coefficient (Wildman–Crippen LogP) is 2.37. The van der Waals surface area contributed by atoms with Crippen molar-refractivity contribution in [3.63, 3.8) is 0 Å². The van der Waals surface area contributed by atoms with Crippen LogP contribution in [0.2, 0.25) is 0 Å². The molecule has 0 N–H and O–H groups in total. The molecule has 17 heavy (non-hydrogen) atoms. The summed E-state index contributed by atoms with van der Waals surface area (Å²) in [4.78, 5) is 22.0. The highest BCUT2D eigenvalue weighted by Crippen LogP contribution is 2.27. The minimum absolute atomic E-state index is 0.0763. The Morgan fingerprint density at radius 1 is 1.06 bits per heavy atom. The molecule has 0 saturated carbocycles. The Hall–Kier alpha value is -2.24. The van der Waals surface area contributed by atoms with E-state index in [1.165, 1.54) is 19.2 Å². The summed E-state index contributed by atoms with van der Waals surface area (Å²) in [6.07, 6.45) is -1.77. The standard InChI is InChI=1S/C11H12O6/c1-3-15-11(13)17-9-7-5-4-6-8(9)16-10(12)14-2/h4-7H,3H2,1-2H3. The number of methoxy groups -OCH3 is 1. The first kappa shape index (κ1) is 12.8. The summed E-state index contributed by atoms with van der Waals surface area (Å²) in [7, 11) is 1.18. The van der Waals surface area contributed by atoms with Crippen LogP contribution in [0.15, 0.2) is 24.3 Å². The molecule has 0 spiro atoms. The molecule has 1 aromatic carbocycles. The Balaban J connectivity index is 2.77. The summed E-state index contributed by atoms with van der Waals surface area (Å²) in [5, 5.41) is 0. The number of hydrogen-bond donors (Lipinski definition) is 0. The van der Waals surface area contributed by atoms with Crippen LogP contribution in [0.3, 0.4) is 0 Å². The van der Waals surface area contributed by atoms with Crippen LogP contribution in [0.4, 0.5) is 9.59 Å². The highest BCUT2D eigenvalue weighted by molar-refractivity contribution is 5.68. The van der Waals surface area contributed by atoms with Crippen LogP contribution in [0.5, 0.6) is 11.5 Å². The lowest BCUT2D eigenvalue weighted by Crippen LogP contribution is -2.13. The third-order valence-corrected chi connectivity index (χ3v) is 1.66. The molecule has 1 rings (SSSR count). The van der Waals surface area contributed by atoms with Crippen molar-refractivity contribution in [1.29, 1.82) is 0 Å². The zero-order valence-corrected chi connectivity index (χ0v) is 9.47. The molecule has 0 aliphatic heterocycles. The summed E-state index contributed by atoms with van der Waals surface area (Å²) in [5.74, 6) is 0.156. The average molecular weight is 240 g/mol. The number of hydrogen-bond acceptors (Lipinski definition) is 6. The SMILES string of the molecule is CCOC(=O)Oc1ccccc1OC(=O)OC. The lowest BCUT2D eigenvalue weighted by molar-refractivity contribution is 0.0991. The Morgan fingerprint density at radius 3 is 2.06 bits per heavy atom. The van der Waals surface area contributed by atoms with Crippen molar-refractivity contribution in [2.75, 3.05) is 13.7 Å². The molecular formula is C11H12O6. The van der Waals surface area contributed by atoms with Gasteiger partial charge >= 0.3 is 12.3 Å². The van der Waals surface area contributed by atoms with Crippen LogP contribution >= 0.6 is 0 Å². The maximum Gasteiger partial charge on any atom is 0.513 e. The summed E-state index contributed by atoms with van der Waals surface area (Å²) >= 11 is 0. The topological polar surface area (TPSA) is 71.1 Å². The van der Waals surface area contributed by atoms with Crippen LogP contribution in [-0.4, -0.2) is 26.0 Å². The third kappa shape index (κ3) is 4.02. The maximum absolute atomic E-state index is 11.1. The van der Waals surface area contributed by atoms with Gasteiger partial charge < -0.3 is 18.9 Å². The van der Waals surface area contributed by atoms with Gasteiger partial charge in [0.05, 0.1) is 13.7 Å². The zero-order valence-electron chi connectivity index (χ0n) is 9.47. The van der Waals surface area contributed by atoms with Gasteiger partial charge in [0.2, 0.25) is 0 Å². The van der Waals surface area contributed by atoms with Crippen molar-refractivity contribution in [1.82, 2.24) is 0 Å². The smallest absolute Gasteiger partial charge is 0.437 e. The van der Waals surface area contributed by atoms with Gasteiger partial charge in [-0.15, -0.1) is 0 Å². The zero-order chi connectivity index (χ0) is 12.7. The van der Waals surface area contributed by atoms with Crippen molar-refractivity contribution >= 4 is 12.3 Å². The number of para-hydroxylation sites is 2. The summed E-state index contributed by atoms with van der Waals surface area (Å²) in [6.45, 7) is 1.84. The molecular weight excluding hydrogens is 228 g/mol. The molecule has 0 aliphatic carbocycles. The number of carbonyl (C=O) groups is 2. The number of carbonyl (C=O) groups excluding carboxylic acids is 2. The highest BCUT2D eigenvalue weighted by atomic mass is 16.7. The van der Waals surface area contributed by atoms with Gasteiger partial charge in [0.15, 0.2) is 11.5 Å². The fraction of sp³-hybridized carbons (Fsp3) is 0.273. The first-order valence-electron chi connectivity index (χ1n) is 4.86. The summed E-state index contributed by atoms with van der Waals surface area (Å²) < 4.78 is 18.5. The average Bonchev–Trinajstić information content (AvgIpc) is 2.31. The van der Waals surface area contributed by atoms with Gasteiger partial charge in [-0.05, 0) is 19.1 Å². The van der Waals surface area contributed by atoms with E-state index in [1.807, 2.05) is 0 Å². The second-order valence-corrected chi connectivity index (χ2v) is 2.79. The Labute approximate surface area is 98.0 Å². The molecule has 6 nitrogen and oxygen atoms in total. The van der Waals surface area contributed by atoms with E-state index >= 15 is 0 Å². The van der Waals surface area contributed by atoms with Gasteiger partial charge in [0.25, 0.3) is 0 Å². The van der Waals surface area contributed by atoms with E-state index < -0.39 is 12.3 Å². The van der Waals surface area contributed by atoms with Gasteiger partial charge in [-0.1, -0.05) is 12.1 Å². The summed E-state index contributed by atoms with van der Waals surface area (Å²) in [5.41, 5.74) is 0. The number of rotatable bonds is 3. The summed E-state index contributed by atoms with van der Waals surface area (Å²) in [6, 6.07) is 6.18. The largest absolute Gasteiger partial charge is 0.513 e. The molecule has 0 aromatic heterocycles. The first-order chi connectivity index (χ1) is 8.17. The molecule has 0 unspecified atom stereocenters. The van der Waals surface area contributed by atoms with Gasteiger partial charge in [-0.3, -0.25) is 0 Å². The predicted molar refractivity (Wildman–Crippen MR) is 57.1 cm³/mol. The van der Waals surface area contributed by atoms with E-state index in [4.69, 9.17) is 9.47 Å². The molecule has 0 radical (unpaired) electrons. The van der Waals surface area contributed by atoms with E-state index in [-0.39, 0.29) is 18.1 Å². The normalized spacial score (nSPS) is 9.29. The van der Waals surface area contributed by atoms with E-state index in [1.54, 1.807) is 19.1 Å².